The first kappa shape index (κ1) is 20.6. The van der Waals surface area contributed by atoms with Crippen LogP contribution in [0.5, 0.6) is 0 Å². The van der Waals surface area contributed by atoms with E-state index < -0.39 is 36.2 Å². The molecule has 27 heavy (non-hydrogen) atoms. The van der Waals surface area contributed by atoms with E-state index in [0.29, 0.717) is 5.56 Å². The van der Waals surface area contributed by atoms with E-state index in [4.69, 9.17) is 9.47 Å². The van der Waals surface area contributed by atoms with Crippen molar-refractivity contribution in [3.05, 3.63) is 16.0 Å². The average molecular weight is 396 g/mol. The minimum absolute atomic E-state index is 0.0531. The molecule has 9 nitrogen and oxygen atoms in total. The predicted octanol–water partition coefficient (Wildman–Crippen LogP) is 1.50. The van der Waals surface area contributed by atoms with Gasteiger partial charge in [0.2, 0.25) is 17.7 Å². The van der Waals surface area contributed by atoms with E-state index in [2.05, 4.69) is 5.32 Å². The van der Waals surface area contributed by atoms with Crippen molar-refractivity contribution in [2.24, 2.45) is 0 Å². The van der Waals surface area contributed by atoms with E-state index in [9.17, 15) is 24.0 Å². The molecule has 1 aliphatic heterocycles. The van der Waals surface area contributed by atoms with Crippen LogP contribution in [-0.2, 0) is 23.9 Å². The van der Waals surface area contributed by atoms with Gasteiger partial charge in [-0.25, -0.2) is 9.59 Å². The summed E-state index contributed by atoms with van der Waals surface area (Å²) in [6, 6.07) is 0. The first-order valence-corrected chi connectivity index (χ1v) is 9.22. The van der Waals surface area contributed by atoms with E-state index in [1.165, 1.54) is 0 Å². The van der Waals surface area contributed by atoms with Crippen LogP contribution in [0, 0.1) is 6.92 Å². The van der Waals surface area contributed by atoms with Crippen LogP contribution in [0.2, 0.25) is 0 Å². The van der Waals surface area contributed by atoms with Crippen LogP contribution < -0.4 is 5.32 Å². The molecule has 0 atom stereocenters. The fourth-order valence-electron chi connectivity index (χ4n) is 2.55. The minimum atomic E-state index is -0.689. The number of esters is 2. The van der Waals surface area contributed by atoms with Gasteiger partial charge in [0, 0.05) is 12.8 Å². The summed E-state index contributed by atoms with van der Waals surface area (Å²) in [5, 5.41) is 2.61. The second-order valence-corrected chi connectivity index (χ2v) is 6.64. The summed E-state index contributed by atoms with van der Waals surface area (Å²) in [5.41, 5.74) is 0.387. The summed E-state index contributed by atoms with van der Waals surface area (Å²) in [7, 11) is 0. The second kappa shape index (κ2) is 8.76. The van der Waals surface area contributed by atoms with Crippen molar-refractivity contribution < 1.29 is 33.4 Å². The van der Waals surface area contributed by atoms with Gasteiger partial charge in [0.15, 0.2) is 0 Å². The molecule has 1 saturated heterocycles. The molecule has 1 aromatic heterocycles. The molecule has 10 heteroatoms. The Bertz CT molecular complexity index is 783. The monoisotopic (exact) mass is 396 g/mol. The molecule has 2 rings (SSSR count). The maximum atomic E-state index is 12.3. The van der Waals surface area contributed by atoms with E-state index in [1.807, 2.05) is 0 Å². The summed E-state index contributed by atoms with van der Waals surface area (Å²) < 4.78 is 9.96. The van der Waals surface area contributed by atoms with Gasteiger partial charge >= 0.3 is 11.9 Å². The molecule has 2 heterocycles. The number of hydrogen-bond acceptors (Lipinski definition) is 8. The van der Waals surface area contributed by atoms with Crippen molar-refractivity contribution in [2.45, 2.75) is 33.6 Å². The van der Waals surface area contributed by atoms with Crippen molar-refractivity contribution in [3.8, 4) is 0 Å². The minimum Gasteiger partial charge on any atom is -0.462 e. The lowest BCUT2D eigenvalue weighted by Crippen LogP contribution is -2.37. The normalized spacial score (nSPS) is 13.7. The molecule has 0 bridgehead atoms. The number of rotatable bonds is 7. The maximum absolute atomic E-state index is 12.3. The number of amides is 3. The van der Waals surface area contributed by atoms with Gasteiger partial charge in [-0.05, 0) is 26.3 Å². The Morgan fingerprint density at radius 3 is 2.15 bits per heavy atom. The SMILES string of the molecule is CCOC(=O)c1sc(NC(=O)CN2C(=O)CCC2=O)c(C(=O)OCC)c1C. The third-order valence-electron chi connectivity index (χ3n) is 3.80. The van der Waals surface area contributed by atoms with Gasteiger partial charge in [-0.3, -0.25) is 19.3 Å². The van der Waals surface area contributed by atoms with Crippen LogP contribution in [-0.4, -0.2) is 54.3 Å². The molecule has 0 radical (unpaired) electrons. The van der Waals surface area contributed by atoms with Crippen LogP contribution in [0.4, 0.5) is 5.00 Å². The number of ether oxygens (including phenoxy) is 2. The van der Waals surface area contributed by atoms with Crippen molar-refractivity contribution in [2.75, 3.05) is 25.1 Å². The number of likely N-dealkylation sites (tertiary alicyclic amines) is 1. The quantitative estimate of drug-likeness (QED) is 0.548. The number of carbonyl (C=O) groups excluding carboxylic acids is 5. The lowest BCUT2D eigenvalue weighted by Gasteiger charge is -2.13. The highest BCUT2D eigenvalue weighted by Gasteiger charge is 2.32. The van der Waals surface area contributed by atoms with Gasteiger partial charge in [-0.2, -0.15) is 0 Å². The number of imide groups is 1. The highest BCUT2D eigenvalue weighted by molar-refractivity contribution is 7.18. The van der Waals surface area contributed by atoms with Crippen molar-refractivity contribution in [1.29, 1.82) is 0 Å². The van der Waals surface area contributed by atoms with Gasteiger partial charge in [-0.1, -0.05) is 0 Å². The third kappa shape index (κ3) is 4.51. The Balaban J connectivity index is 2.28. The fraction of sp³-hybridized carbons (Fsp3) is 0.471. The van der Waals surface area contributed by atoms with Gasteiger partial charge < -0.3 is 14.8 Å². The van der Waals surface area contributed by atoms with Crippen LogP contribution in [0.25, 0.3) is 0 Å². The summed E-state index contributed by atoms with van der Waals surface area (Å²) in [6.07, 6.45) is 0.149. The van der Waals surface area contributed by atoms with E-state index in [-0.39, 0.29) is 41.5 Å². The first-order chi connectivity index (χ1) is 12.8. The molecule has 0 unspecified atom stereocenters. The average Bonchev–Trinajstić information content (AvgIpc) is 3.09. The zero-order valence-corrected chi connectivity index (χ0v) is 16.1. The zero-order valence-electron chi connectivity index (χ0n) is 15.2. The molecule has 146 valence electrons. The summed E-state index contributed by atoms with van der Waals surface area (Å²) >= 11 is 0.881. The number of thiophene rings is 1. The summed E-state index contributed by atoms with van der Waals surface area (Å²) in [6.45, 7) is 4.66. The van der Waals surface area contributed by atoms with Crippen LogP contribution >= 0.6 is 11.3 Å². The topological polar surface area (TPSA) is 119 Å². The summed E-state index contributed by atoms with van der Waals surface area (Å²) in [5.74, 6) is -2.80. The lowest BCUT2D eigenvalue weighted by molar-refractivity contribution is -0.141. The molecule has 0 spiro atoms. The largest absolute Gasteiger partial charge is 0.462 e. The molecule has 1 aromatic rings. The Morgan fingerprint density at radius 2 is 1.59 bits per heavy atom. The third-order valence-corrected chi connectivity index (χ3v) is 4.98. The number of anilines is 1. The van der Waals surface area contributed by atoms with Crippen LogP contribution in [0.3, 0.4) is 0 Å². The second-order valence-electron chi connectivity index (χ2n) is 5.62. The standard InChI is InChI=1S/C17H20N2O7S/c1-4-25-16(23)13-9(3)14(17(24)26-5-2)27-15(13)18-10(20)8-19-11(21)6-7-12(19)22/h4-8H2,1-3H3,(H,18,20). The Labute approximate surface area is 159 Å². The van der Waals surface area contributed by atoms with Crippen LogP contribution in [0.1, 0.15) is 52.3 Å². The first-order valence-electron chi connectivity index (χ1n) is 8.40. The summed E-state index contributed by atoms with van der Waals surface area (Å²) in [4.78, 5) is 61.0. The van der Waals surface area contributed by atoms with E-state index in [0.717, 1.165) is 16.2 Å². The molecule has 1 fully saturated rings. The Kier molecular flexibility index (Phi) is 6.67. The molecule has 0 saturated carbocycles. The molecular formula is C17H20N2O7S. The van der Waals surface area contributed by atoms with E-state index in [1.54, 1.807) is 20.8 Å². The van der Waals surface area contributed by atoms with Gasteiger partial charge in [0.25, 0.3) is 0 Å². The number of nitrogens with zero attached hydrogens (tertiary/aromatic N) is 1. The number of hydrogen-bond donors (Lipinski definition) is 1. The fourth-order valence-corrected chi connectivity index (χ4v) is 3.66. The predicted molar refractivity (Wildman–Crippen MR) is 95.6 cm³/mol. The van der Waals surface area contributed by atoms with Crippen LogP contribution in [0.15, 0.2) is 0 Å². The lowest BCUT2D eigenvalue weighted by atomic mass is 10.1. The highest BCUT2D eigenvalue weighted by Crippen LogP contribution is 2.34. The molecule has 1 aliphatic rings. The Morgan fingerprint density at radius 1 is 1.04 bits per heavy atom. The number of carbonyl (C=O) groups is 5. The Hall–Kier alpha value is -2.75. The molecule has 0 aromatic carbocycles. The van der Waals surface area contributed by atoms with E-state index >= 15 is 0 Å². The molecular weight excluding hydrogens is 376 g/mol. The van der Waals surface area contributed by atoms with Crippen molar-refractivity contribution in [1.82, 2.24) is 4.90 Å². The highest BCUT2D eigenvalue weighted by atomic mass is 32.1. The van der Waals surface area contributed by atoms with Gasteiger partial charge in [-0.15, -0.1) is 11.3 Å². The molecule has 1 N–H and O–H groups in total. The maximum Gasteiger partial charge on any atom is 0.348 e. The molecule has 3 amide bonds. The smallest absolute Gasteiger partial charge is 0.348 e. The molecule has 0 aliphatic carbocycles. The zero-order chi connectivity index (χ0) is 20.1. The number of nitrogens with one attached hydrogen (secondary N) is 1. The van der Waals surface area contributed by atoms with Crippen molar-refractivity contribution in [3.63, 3.8) is 0 Å². The van der Waals surface area contributed by atoms with Gasteiger partial charge in [0.05, 0.1) is 18.8 Å². The van der Waals surface area contributed by atoms with Crippen molar-refractivity contribution >= 4 is 46.0 Å². The van der Waals surface area contributed by atoms with Gasteiger partial charge in [0.1, 0.15) is 16.4 Å².